The predicted octanol–water partition coefficient (Wildman–Crippen LogP) is 3.41. The Morgan fingerprint density at radius 3 is 2.61 bits per heavy atom. The Labute approximate surface area is 141 Å². The second-order valence-electron chi connectivity index (χ2n) is 4.53. The van der Waals surface area contributed by atoms with Gasteiger partial charge in [0, 0.05) is 0 Å². The first kappa shape index (κ1) is 16.8. The molecule has 2 N–H and O–H groups in total. The molecule has 0 amide bonds. The smallest absolute Gasteiger partial charge is 0.191 e. The molecule has 120 valence electrons. The van der Waals surface area contributed by atoms with Crippen LogP contribution in [0.15, 0.2) is 53.6 Å². The van der Waals surface area contributed by atoms with Crippen molar-refractivity contribution in [1.82, 2.24) is 5.43 Å². The number of hydrogen-bond acceptors (Lipinski definition) is 4. The van der Waals surface area contributed by atoms with Crippen LogP contribution in [0.4, 0.5) is 5.69 Å². The van der Waals surface area contributed by atoms with E-state index < -0.39 is 0 Å². The minimum Gasteiger partial charge on any atom is -0.495 e. The number of anilines is 1. The molecule has 0 radical (unpaired) electrons. The summed E-state index contributed by atoms with van der Waals surface area (Å²) in [5.41, 5.74) is 4.50. The summed E-state index contributed by atoms with van der Waals surface area (Å²) < 4.78 is 10.6. The average Bonchev–Trinajstić information content (AvgIpc) is 2.57. The molecule has 23 heavy (non-hydrogen) atoms. The predicted molar refractivity (Wildman–Crippen MR) is 97.6 cm³/mol. The fourth-order valence-electron chi connectivity index (χ4n) is 1.88. The average molecular weight is 329 g/mol. The van der Waals surface area contributed by atoms with Crippen LogP contribution >= 0.6 is 12.2 Å². The van der Waals surface area contributed by atoms with Crippen molar-refractivity contribution < 1.29 is 9.47 Å². The lowest BCUT2D eigenvalue weighted by atomic mass is 10.2. The highest BCUT2D eigenvalue weighted by atomic mass is 32.1. The quantitative estimate of drug-likeness (QED) is 0.483. The van der Waals surface area contributed by atoms with Gasteiger partial charge in [-0.2, -0.15) is 5.10 Å². The molecule has 0 unspecified atom stereocenters. The number of rotatable bonds is 6. The maximum absolute atomic E-state index is 5.39. The lowest BCUT2D eigenvalue weighted by molar-refractivity contribution is 0.340. The summed E-state index contributed by atoms with van der Waals surface area (Å²) in [5.74, 6) is 1.55. The normalized spacial score (nSPS) is 10.3. The first-order valence-corrected chi connectivity index (χ1v) is 7.59. The number of hydrogen-bond donors (Lipinski definition) is 2. The molecule has 5 nitrogen and oxygen atoms in total. The van der Waals surface area contributed by atoms with Gasteiger partial charge in [-0.05, 0) is 61.1 Å². The van der Waals surface area contributed by atoms with Gasteiger partial charge in [0.25, 0.3) is 0 Å². The zero-order chi connectivity index (χ0) is 16.5. The van der Waals surface area contributed by atoms with Crippen LogP contribution in [-0.4, -0.2) is 25.0 Å². The van der Waals surface area contributed by atoms with Crippen LogP contribution in [-0.2, 0) is 0 Å². The van der Waals surface area contributed by atoms with E-state index in [4.69, 9.17) is 21.7 Å². The van der Waals surface area contributed by atoms with Gasteiger partial charge in [0.2, 0.25) is 0 Å². The van der Waals surface area contributed by atoms with E-state index in [-0.39, 0.29) is 0 Å². The molecule has 0 aliphatic heterocycles. The van der Waals surface area contributed by atoms with Crippen LogP contribution < -0.4 is 20.2 Å². The van der Waals surface area contributed by atoms with Gasteiger partial charge < -0.3 is 14.8 Å². The molecule has 0 fully saturated rings. The maximum Gasteiger partial charge on any atom is 0.191 e. The minimum absolute atomic E-state index is 0.386. The fraction of sp³-hybridized carbons (Fsp3) is 0.176. The van der Waals surface area contributed by atoms with Gasteiger partial charge in [-0.1, -0.05) is 12.1 Å². The van der Waals surface area contributed by atoms with E-state index in [0.29, 0.717) is 17.5 Å². The van der Waals surface area contributed by atoms with E-state index in [1.807, 2.05) is 55.5 Å². The first-order chi connectivity index (χ1) is 11.2. The summed E-state index contributed by atoms with van der Waals surface area (Å²) in [6, 6.07) is 15.2. The van der Waals surface area contributed by atoms with Crippen molar-refractivity contribution in [3.8, 4) is 11.5 Å². The largest absolute Gasteiger partial charge is 0.495 e. The second-order valence-corrected chi connectivity index (χ2v) is 4.93. The van der Waals surface area contributed by atoms with Crippen LogP contribution in [0.25, 0.3) is 0 Å². The van der Waals surface area contributed by atoms with Crippen molar-refractivity contribution in [2.45, 2.75) is 6.92 Å². The molecule has 0 aliphatic rings. The molecule has 2 rings (SSSR count). The van der Waals surface area contributed by atoms with Gasteiger partial charge in [-0.15, -0.1) is 0 Å². The summed E-state index contributed by atoms with van der Waals surface area (Å²) in [6.45, 7) is 2.60. The van der Waals surface area contributed by atoms with Gasteiger partial charge >= 0.3 is 0 Å². The van der Waals surface area contributed by atoms with Crippen molar-refractivity contribution in [1.29, 1.82) is 0 Å². The Morgan fingerprint density at radius 1 is 1.17 bits per heavy atom. The molecule has 0 saturated carbocycles. The Balaban J connectivity index is 1.88. The molecule has 0 aliphatic carbocycles. The zero-order valence-corrected chi connectivity index (χ0v) is 13.9. The molecule has 6 heteroatoms. The number of benzene rings is 2. The van der Waals surface area contributed by atoms with Crippen molar-refractivity contribution in [3.63, 3.8) is 0 Å². The highest BCUT2D eigenvalue weighted by Crippen LogP contribution is 2.22. The number of ether oxygens (including phenoxy) is 2. The topological polar surface area (TPSA) is 54.9 Å². The van der Waals surface area contributed by atoms with Crippen molar-refractivity contribution in [2.24, 2.45) is 5.10 Å². The second kappa shape index (κ2) is 8.75. The molecule has 0 saturated heterocycles. The van der Waals surface area contributed by atoms with E-state index in [0.717, 1.165) is 17.0 Å². The number of methoxy groups -OCH3 is 1. The number of nitrogens with zero attached hydrogens (tertiary/aromatic N) is 1. The van der Waals surface area contributed by atoms with E-state index in [1.165, 1.54) is 0 Å². The summed E-state index contributed by atoms with van der Waals surface area (Å²) in [7, 11) is 1.61. The summed E-state index contributed by atoms with van der Waals surface area (Å²) in [5, 5.41) is 7.53. The lowest BCUT2D eigenvalue weighted by Crippen LogP contribution is -2.24. The van der Waals surface area contributed by atoms with Crippen molar-refractivity contribution in [2.75, 3.05) is 19.0 Å². The van der Waals surface area contributed by atoms with Crippen LogP contribution in [0.5, 0.6) is 11.5 Å². The molecule has 0 heterocycles. The molecule has 2 aromatic rings. The van der Waals surface area contributed by atoms with E-state index in [1.54, 1.807) is 13.3 Å². The number of thiocarbonyl (C=S) groups is 1. The van der Waals surface area contributed by atoms with Crippen LogP contribution in [0.3, 0.4) is 0 Å². The monoisotopic (exact) mass is 329 g/mol. The highest BCUT2D eigenvalue weighted by Gasteiger charge is 2.02. The Morgan fingerprint density at radius 2 is 1.91 bits per heavy atom. The summed E-state index contributed by atoms with van der Waals surface area (Å²) >= 11 is 5.20. The standard InChI is InChI=1S/C17H19N3O2S/c1-3-22-14-10-8-13(9-11-14)12-18-20-17(23)19-15-6-4-5-7-16(15)21-2/h4-12H,3H2,1-2H3,(H2,19,20,23)/b18-12+. The Kier molecular flexibility index (Phi) is 6.38. The van der Waals surface area contributed by atoms with Gasteiger partial charge in [0.1, 0.15) is 11.5 Å². The molecule has 0 aromatic heterocycles. The van der Waals surface area contributed by atoms with Gasteiger partial charge in [-0.3, -0.25) is 5.43 Å². The van der Waals surface area contributed by atoms with E-state index in [9.17, 15) is 0 Å². The van der Waals surface area contributed by atoms with Crippen LogP contribution in [0.2, 0.25) is 0 Å². The highest BCUT2D eigenvalue weighted by molar-refractivity contribution is 7.80. The Hall–Kier alpha value is -2.60. The van der Waals surface area contributed by atoms with Gasteiger partial charge in [-0.25, -0.2) is 0 Å². The molecular weight excluding hydrogens is 310 g/mol. The van der Waals surface area contributed by atoms with Gasteiger partial charge in [0.15, 0.2) is 5.11 Å². The number of nitrogens with one attached hydrogen (secondary N) is 2. The lowest BCUT2D eigenvalue weighted by Gasteiger charge is -2.10. The zero-order valence-electron chi connectivity index (χ0n) is 13.1. The van der Waals surface area contributed by atoms with E-state index >= 15 is 0 Å². The third-order valence-electron chi connectivity index (χ3n) is 2.93. The molecule has 0 atom stereocenters. The maximum atomic E-state index is 5.39. The van der Waals surface area contributed by atoms with E-state index in [2.05, 4.69) is 15.8 Å². The van der Waals surface area contributed by atoms with Gasteiger partial charge in [0.05, 0.1) is 25.6 Å². The third-order valence-corrected chi connectivity index (χ3v) is 3.12. The van der Waals surface area contributed by atoms with Crippen molar-refractivity contribution in [3.05, 3.63) is 54.1 Å². The van der Waals surface area contributed by atoms with Crippen LogP contribution in [0.1, 0.15) is 12.5 Å². The number of para-hydroxylation sites is 2. The molecule has 2 aromatic carbocycles. The van der Waals surface area contributed by atoms with Crippen molar-refractivity contribution >= 4 is 29.2 Å². The fourth-order valence-corrected chi connectivity index (χ4v) is 2.04. The summed E-state index contributed by atoms with van der Waals surface area (Å²) in [4.78, 5) is 0. The number of hydrazone groups is 1. The molecule has 0 bridgehead atoms. The SMILES string of the molecule is CCOc1ccc(/C=N/NC(=S)Nc2ccccc2OC)cc1. The summed E-state index contributed by atoms with van der Waals surface area (Å²) in [6.07, 6.45) is 1.69. The molecule has 0 spiro atoms. The molecular formula is C17H19N3O2S. The Bertz CT molecular complexity index is 672. The minimum atomic E-state index is 0.386. The first-order valence-electron chi connectivity index (χ1n) is 7.19. The third kappa shape index (κ3) is 5.27. The van der Waals surface area contributed by atoms with Crippen LogP contribution in [0, 0.1) is 0 Å².